The molecule has 1 N–H and O–H groups in total. The first-order chi connectivity index (χ1) is 6.11. The average molecular weight is 202 g/mol. The van der Waals surface area contributed by atoms with Gasteiger partial charge in [0.1, 0.15) is 0 Å². The van der Waals surface area contributed by atoms with Gasteiger partial charge >= 0.3 is 0 Å². The van der Waals surface area contributed by atoms with Crippen LogP contribution >= 0.6 is 0 Å². The zero-order valence-electron chi connectivity index (χ0n) is 7.82. The van der Waals surface area contributed by atoms with Gasteiger partial charge in [0, 0.05) is 25.3 Å². The molecule has 5 heteroatoms. The van der Waals surface area contributed by atoms with Crippen molar-refractivity contribution < 1.29 is 9.00 Å². The predicted octanol–water partition coefficient (Wildman–Crippen LogP) is 0.364. The maximum atomic E-state index is 11.6. The summed E-state index contributed by atoms with van der Waals surface area (Å²) >= 11 is 0. The van der Waals surface area contributed by atoms with E-state index >= 15 is 0 Å². The lowest BCUT2D eigenvalue weighted by Crippen LogP contribution is -2.29. The maximum Gasteiger partial charge on any atom is 0.226 e. The van der Waals surface area contributed by atoms with Crippen molar-refractivity contribution >= 4 is 15.6 Å². The second-order valence-electron chi connectivity index (χ2n) is 2.91. The van der Waals surface area contributed by atoms with Crippen LogP contribution in [0.2, 0.25) is 0 Å². The van der Waals surface area contributed by atoms with Gasteiger partial charge in [0.2, 0.25) is 5.91 Å². The van der Waals surface area contributed by atoms with Gasteiger partial charge in [0.05, 0.1) is 15.6 Å². The molecule has 0 aromatic carbocycles. The minimum Gasteiger partial charge on any atom is -0.359 e. The second-order valence-corrected chi connectivity index (χ2v) is 5.34. The fraction of sp³-hybridized carbons (Fsp3) is 0.625. The van der Waals surface area contributed by atoms with Crippen molar-refractivity contribution in [3.63, 3.8) is 0 Å². The van der Waals surface area contributed by atoms with Crippen LogP contribution in [0.15, 0.2) is 15.8 Å². The highest BCUT2D eigenvalue weighted by Gasteiger charge is 2.20. The first-order valence-corrected chi connectivity index (χ1v) is 5.89. The molecule has 0 aromatic rings. The first kappa shape index (κ1) is 10.2. The van der Waals surface area contributed by atoms with E-state index < -0.39 is 9.73 Å². The smallest absolute Gasteiger partial charge is 0.226 e. The Balaban J connectivity index is 2.79. The SMILES string of the molecule is CN=[S@@]1(=O)C=C[C@H](C(=O)NC)CC1. The van der Waals surface area contributed by atoms with Crippen molar-refractivity contribution in [1.29, 1.82) is 0 Å². The number of nitrogens with zero attached hydrogens (tertiary/aromatic N) is 1. The summed E-state index contributed by atoms with van der Waals surface area (Å²) in [6.07, 6.45) is 2.31. The molecule has 1 heterocycles. The molecule has 2 atom stereocenters. The van der Waals surface area contributed by atoms with E-state index in [2.05, 4.69) is 9.68 Å². The minimum atomic E-state index is -2.14. The van der Waals surface area contributed by atoms with Gasteiger partial charge in [-0.05, 0) is 6.42 Å². The van der Waals surface area contributed by atoms with E-state index in [1.807, 2.05) is 0 Å². The highest BCUT2D eigenvalue weighted by molar-refractivity contribution is 7.96. The molecule has 0 unspecified atom stereocenters. The van der Waals surface area contributed by atoms with Crippen LogP contribution < -0.4 is 5.32 Å². The summed E-state index contributed by atoms with van der Waals surface area (Å²) in [5, 5.41) is 4.13. The van der Waals surface area contributed by atoms with Crippen LogP contribution in [0.5, 0.6) is 0 Å². The molecule has 1 rings (SSSR count). The molecule has 0 saturated heterocycles. The normalized spacial score (nSPS) is 32.6. The summed E-state index contributed by atoms with van der Waals surface area (Å²) in [5.74, 6) is 0.327. The molecule has 1 amide bonds. The van der Waals surface area contributed by atoms with Gasteiger partial charge in [0.15, 0.2) is 0 Å². The molecule has 0 fully saturated rings. The quantitative estimate of drug-likeness (QED) is 0.667. The Morgan fingerprint density at radius 2 is 2.38 bits per heavy atom. The van der Waals surface area contributed by atoms with Gasteiger partial charge in [-0.2, -0.15) is 0 Å². The number of carbonyl (C=O) groups excluding carboxylic acids is 1. The zero-order valence-corrected chi connectivity index (χ0v) is 8.63. The molecule has 4 nitrogen and oxygen atoms in total. The van der Waals surface area contributed by atoms with E-state index in [0.717, 1.165) is 0 Å². The van der Waals surface area contributed by atoms with Crippen LogP contribution in [0.25, 0.3) is 0 Å². The Labute approximate surface area is 78.6 Å². The van der Waals surface area contributed by atoms with Crippen molar-refractivity contribution in [3.05, 3.63) is 11.5 Å². The zero-order chi connectivity index (χ0) is 9.90. The van der Waals surface area contributed by atoms with Gasteiger partial charge in [-0.1, -0.05) is 6.08 Å². The van der Waals surface area contributed by atoms with E-state index in [1.54, 1.807) is 25.6 Å². The maximum absolute atomic E-state index is 11.6. The summed E-state index contributed by atoms with van der Waals surface area (Å²) in [4.78, 5) is 11.2. The summed E-state index contributed by atoms with van der Waals surface area (Å²) in [6, 6.07) is 0. The van der Waals surface area contributed by atoms with Crippen LogP contribution in [0.3, 0.4) is 0 Å². The number of carbonyl (C=O) groups is 1. The lowest BCUT2D eigenvalue weighted by molar-refractivity contribution is -0.123. The third-order valence-corrected chi connectivity index (χ3v) is 4.16. The second kappa shape index (κ2) is 3.91. The number of hydrogen-bond acceptors (Lipinski definition) is 3. The standard InChI is InChI=1S/C8H14N2O2S/c1-9-8(11)7-3-5-13(12,10-2)6-4-7/h3,5,7H,4,6H2,1-2H3,(H,9,11)/t7-,13+/m0/s1. The molecule has 0 radical (unpaired) electrons. The minimum absolute atomic E-state index is 0.0196. The van der Waals surface area contributed by atoms with Gasteiger partial charge in [-0.3, -0.25) is 4.79 Å². The molecule has 13 heavy (non-hydrogen) atoms. The molecule has 0 saturated carbocycles. The first-order valence-electron chi connectivity index (χ1n) is 4.14. The Morgan fingerprint density at radius 1 is 1.69 bits per heavy atom. The average Bonchev–Trinajstić information content (AvgIpc) is 2.18. The molecule has 0 spiro atoms. The molecule has 0 aliphatic carbocycles. The molecule has 74 valence electrons. The molecule has 0 bridgehead atoms. The van der Waals surface area contributed by atoms with E-state index in [4.69, 9.17) is 0 Å². The van der Waals surface area contributed by atoms with Gasteiger partial charge in [0.25, 0.3) is 0 Å². The Morgan fingerprint density at radius 3 is 2.77 bits per heavy atom. The number of rotatable bonds is 1. The molecule has 0 aromatic heterocycles. The van der Waals surface area contributed by atoms with Crippen LogP contribution in [-0.2, 0) is 14.5 Å². The van der Waals surface area contributed by atoms with Crippen LogP contribution in [0.4, 0.5) is 0 Å². The summed E-state index contributed by atoms with van der Waals surface area (Å²) in [5.41, 5.74) is 0. The molecular weight excluding hydrogens is 188 g/mol. The van der Waals surface area contributed by atoms with Crippen LogP contribution in [0.1, 0.15) is 6.42 Å². The van der Waals surface area contributed by atoms with Crippen LogP contribution in [0, 0.1) is 5.92 Å². The molecule has 1 aliphatic rings. The highest BCUT2D eigenvalue weighted by atomic mass is 32.2. The lowest BCUT2D eigenvalue weighted by Gasteiger charge is -2.16. The van der Waals surface area contributed by atoms with E-state index in [9.17, 15) is 9.00 Å². The summed E-state index contributed by atoms with van der Waals surface area (Å²) in [7, 11) is 1.01. The highest BCUT2D eigenvalue weighted by Crippen LogP contribution is 2.17. The summed E-state index contributed by atoms with van der Waals surface area (Å²) in [6.45, 7) is 0. The number of hydrogen-bond donors (Lipinski definition) is 1. The van der Waals surface area contributed by atoms with Crippen molar-refractivity contribution in [2.45, 2.75) is 6.42 Å². The van der Waals surface area contributed by atoms with Crippen LogP contribution in [-0.4, -0.2) is 30.0 Å². The Kier molecular flexibility index (Phi) is 3.08. The monoisotopic (exact) mass is 202 g/mol. The largest absolute Gasteiger partial charge is 0.359 e. The van der Waals surface area contributed by atoms with Gasteiger partial charge < -0.3 is 5.32 Å². The fourth-order valence-corrected chi connectivity index (χ4v) is 2.70. The molecule has 1 aliphatic heterocycles. The van der Waals surface area contributed by atoms with Crippen molar-refractivity contribution in [1.82, 2.24) is 5.32 Å². The predicted molar refractivity (Wildman–Crippen MR) is 52.7 cm³/mol. The Bertz CT molecular complexity index is 340. The number of nitrogens with one attached hydrogen (secondary N) is 1. The third kappa shape index (κ3) is 2.30. The third-order valence-electron chi connectivity index (χ3n) is 2.14. The van der Waals surface area contributed by atoms with Gasteiger partial charge in [-0.15, -0.1) is 0 Å². The van der Waals surface area contributed by atoms with E-state index in [0.29, 0.717) is 12.2 Å². The fourth-order valence-electron chi connectivity index (χ4n) is 1.23. The van der Waals surface area contributed by atoms with Crippen molar-refractivity contribution in [2.24, 2.45) is 10.3 Å². The summed E-state index contributed by atoms with van der Waals surface area (Å²) < 4.78 is 15.5. The van der Waals surface area contributed by atoms with Crippen molar-refractivity contribution in [2.75, 3.05) is 19.8 Å². The molecular formula is C8H14N2O2S. The lowest BCUT2D eigenvalue weighted by atomic mass is 10.1. The number of amides is 1. The van der Waals surface area contributed by atoms with E-state index in [1.165, 1.54) is 0 Å². The van der Waals surface area contributed by atoms with Crippen molar-refractivity contribution in [3.8, 4) is 0 Å². The van der Waals surface area contributed by atoms with E-state index in [-0.39, 0.29) is 11.8 Å². The Hall–Kier alpha value is -0.840. The topological polar surface area (TPSA) is 58.5 Å². The van der Waals surface area contributed by atoms with Gasteiger partial charge in [-0.25, -0.2) is 8.57 Å².